The molecule has 1 fully saturated rings. The Kier molecular flexibility index (Phi) is 5.62. The fourth-order valence-corrected chi connectivity index (χ4v) is 2.82. The third-order valence-corrected chi connectivity index (χ3v) is 4.21. The van der Waals surface area contributed by atoms with E-state index in [9.17, 15) is 36.3 Å². The number of likely N-dealkylation sites (tertiary alicyclic amines) is 1. The number of hydrogen-bond donors (Lipinski definition) is 1. The average molecular weight is 379 g/mol. The third kappa shape index (κ3) is 4.36. The molecular weight excluding hydrogens is 365 g/mol. The highest BCUT2D eigenvalue weighted by molar-refractivity contribution is 5.98. The van der Waals surface area contributed by atoms with E-state index < -0.39 is 78.8 Å². The average Bonchev–Trinajstić information content (AvgIpc) is 2.98. The van der Waals surface area contributed by atoms with Gasteiger partial charge in [0.25, 0.3) is 0 Å². The molecule has 1 aromatic carbocycles. The molecule has 1 N–H and O–H groups in total. The molecule has 26 heavy (non-hydrogen) atoms. The van der Waals surface area contributed by atoms with Gasteiger partial charge >= 0.3 is 12.1 Å². The van der Waals surface area contributed by atoms with Gasteiger partial charge in [0, 0.05) is 32.0 Å². The maximum Gasteiger partial charge on any atom is 0.394 e. The van der Waals surface area contributed by atoms with Crippen LogP contribution < -0.4 is 0 Å². The number of Topliss-reactive ketones (excluding diaryl/α,β-unsaturated/α-hetero) is 1. The van der Waals surface area contributed by atoms with Crippen molar-refractivity contribution in [2.75, 3.05) is 13.1 Å². The Bertz CT molecular complexity index is 734. The second kappa shape index (κ2) is 7.38. The molecule has 0 bridgehead atoms. The lowest BCUT2D eigenvalue weighted by molar-refractivity contribution is -0.188. The van der Waals surface area contributed by atoms with E-state index in [1.54, 1.807) is 0 Å². The molecule has 0 radical (unpaired) electrons. The van der Waals surface area contributed by atoms with Crippen LogP contribution >= 0.6 is 0 Å². The van der Waals surface area contributed by atoms with Gasteiger partial charge < -0.3 is 10.0 Å². The minimum absolute atomic E-state index is 0.433. The predicted molar refractivity (Wildman–Crippen MR) is 77.2 cm³/mol. The first-order chi connectivity index (χ1) is 12.0. The SMILES string of the molecule is O=C(CCC(=O)N1C[C@@H](C(F)(F)F)[C@H](C(=O)O)C1)c1ccc(F)cc1F. The molecule has 1 saturated heterocycles. The van der Waals surface area contributed by atoms with Crippen molar-refractivity contribution in [3.8, 4) is 0 Å². The molecule has 0 aromatic heterocycles. The van der Waals surface area contributed by atoms with Crippen molar-refractivity contribution >= 4 is 17.7 Å². The van der Waals surface area contributed by atoms with Gasteiger partial charge in [-0.25, -0.2) is 8.78 Å². The largest absolute Gasteiger partial charge is 0.481 e. The summed E-state index contributed by atoms with van der Waals surface area (Å²) in [4.78, 5) is 35.6. The molecule has 1 amide bonds. The molecule has 0 unspecified atom stereocenters. The molecule has 1 aliphatic rings. The van der Waals surface area contributed by atoms with E-state index in [4.69, 9.17) is 5.11 Å². The second-order valence-corrected chi connectivity index (χ2v) is 5.94. The number of benzene rings is 1. The van der Waals surface area contributed by atoms with Gasteiger partial charge in [-0.2, -0.15) is 13.2 Å². The van der Waals surface area contributed by atoms with Gasteiger partial charge in [0.05, 0.1) is 17.4 Å². The van der Waals surface area contributed by atoms with Gasteiger partial charge in [0.2, 0.25) is 5.91 Å². The first-order valence-corrected chi connectivity index (χ1v) is 7.56. The Balaban J connectivity index is 2.00. The molecule has 2 atom stereocenters. The van der Waals surface area contributed by atoms with E-state index in [1.165, 1.54) is 0 Å². The first kappa shape index (κ1) is 19.8. The van der Waals surface area contributed by atoms with E-state index >= 15 is 0 Å². The van der Waals surface area contributed by atoms with Crippen LogP contribution in [-0.4, -0.2) is 46.9 Å². The number of halogens is 5. The highest BCUT2D eigenvalue weighted by atomic mass is 19.4. The molecule has 0 aliphatic carbocycles. The summed E-state index contributed by atoms with van der Waals surface area (Å²) in [6.07, 6.45) is -5.77. The molecule has 10 heteroatoms. The van der Waals surface area contributed by atoms with Crippen LogP contribution in [0.1, 0.15) is 23.2 Å². The molecule has 5 nitrogen and oxygen atoms in total. The number of hydrogen-bond acceptors (Lipinski definition) is 3. The zero-order valence-corrected chi connectivity index (χ0v) is 13.2. The summed E-state index contributed by atoms with van der Waals surface area (Å²) in [6, 6.07) is 2.28. The van der Waals surface area contributed by atoms with E-state index in [0.29, 0.717) is 6.07 Å². The molecular formula is C16H14F5NO4. The number of alkyl halides is 3. The van der Waals surface area contributed by atoms with Crippen LogP contribution in [0.5, 0.6) is 0 Å². The van der Waals surface area contributed by atoms with Crippen LogP contribution in [0.15, 0.2) is 18.2 Å². The molecule has 1 aliphatic heterocycles. The lowest BCUT2D eigenvalue weighted by Gasteiger charge is -2.18. The van der Waals surface area contributed by atoms with E-state index in [1.807, 2.05) is 0 Å². The topological polar surface area (TPSA) is 74.7 Å². The zero-order chi connectivity index (χ0) is 19.6. The summed E-state index contributed by atoms with van der Waals surface area (Å²) >= 11 is 0. The highest BCUT2D eigenvalue weighted by Gasteiger charge is 2.53. The first-order valence-electron chi connectivity index (χ1n) is 7.56. The standard InChI is InChI=1S/C16H14F5NO4/c17-8-1-2-9(12(18)5-8)13(23)3-4-14(24)22-6-10(15(25)26)11(7-22)16(19,20)21/h1-2,5,10-11H,3-4,6-7H2,(H,25,26)/t10-,11-/m1/s1. The minimum Gasteiger partial charge on any atom is -0.481 e. The van der Waals surface area contributed by atoms with Crippen molar-refractivity contribution < 1.29 is 41.4 Å². The number of carbonyl (C=O) groups is 3. The highest BCUT2D eigenvalue weighted by Crippen LogP contribution is 2.38. The Morgan fingerprint density at radius 2 is 1.77 bits per heavy atom. The van der Waals surface area contributed by atoms with E-state index in [0.717, 1.165) is 17.0 Å². The summed E-state index contributed by atoms with van der Waals surface area (Å²) < 4.78 is 65.0. The normalized spacial score (nSPS) is 20.3. The predicted octanol–water partition coefficient (Wildman–Crippen LogP) is 2.65. The molecule has 1 heterocycles. The smallest absolute Gasteiger partial charge is 0.394 e. The van der Waals surface area contributed by atoms with Crippen molar-refractivity contribution in [3.63, 3.8) is 0 Å². The number of aliphatic carboxylic acids is 1. The number of nitrogens with zero attached hydrogens (tertiary/aromatic N) is 1. The fraction of sp³-hybridized carbons (Fsp3) is 0.438. The number of ketones is 1. The summed E-state index contributed by atoms with van der Waals surface area (Å²) in [6.45, 7) is -1.42. The summed E-state index contributed by atoms with van der Waals surface area (Å²) in [5.41, 5.74) is -0.433. The van der Waals surface area contributed by atoms with Crippen molar-refractivity contribution in [2.24, 2.45) is 11.8 Å². The van der Waals surface area contributed by atoms with Crippen molar-refractivity contribution in [3.05, 3.63) is 35.4 Å². The summed E-state index contributed by atoms with van der Waals surface area (Å²) in [5.74, 6) is -9.25. The van der Waals surface area contributed by atoms with Crippen LogP contribution in [0.25, 0.3) is 0 Å². The van der Waals surface area contributed by atoms with Gasteiger partial charge in [-0.15, -0.1) is 0 Å². The Morgan fingerprint density at radius 1 is 1.12 bits per heavy atom. The van der Waals surface area contributed by atoms with Crippen LogP contribution in [0, 0.1) is 23.5 Å². The molecule has 0 spiro atoms. The van der Waals surface area contributed by atoms with Crippen LogP contribution in [-0.2, 0) is 9.59 Å². The Labute approximate surface area is 144 Å². The summed E-state index contributed by atoms with van der Waals surface area (Å²) in [7, 11) is 0. The summed E-state index contributed by atoms with van der Waals surface area (Å²) in [5, 5.41) is 8.90. The lowest BCUT2D eigenvalue weighted by atomic mass is 9.96. The molecule has 142 valence electrons. The lowest BCUT2D eigenvalue weighted by Crippen LogP contribution is -2.34. The minimum atomic E-state index is -4.77. The van der Waals surface area contributed by atoms with Crippen LogP contribution in [0.4, 0.5) is 22.0 Å². The maximum absolute atomic E-state index is 13.5. The van der Waals surface area contributed by atoms with Gasteiger partial charge in [-0.3, -0.25) is 14.4 Å². The van der Waals surface area contributed by atoms with Gasteiger partial charge in [0.15, 0.2) is 5.78 Å². The van der Waals surface area contributed by atoms with E-state index in [2.05, 4.69) is 0 Å². The van der Waals surface area contributed by atoms with Crippen LogP contribution in [0.2, 0.25) is 0 Å². The van der Waals surface area contributed by atoms with Crippen molar-refractivity contribution in [1.29, 1.82) is 0 Å². The molecule has 2 rings (SSSR count). The number of carbonyl (C=O) groups excluding carboxylic acids is 2. The number of rotatable bonds is 5. The van der Waals surface area contributed by atoms with E-state index in [-0.39, 0.29) is 0 Å². The third-order valence-electron chi connectivity index (χ3n) is 4.21. The monoisotopic (exact) mass is 379 g/mol. The van der Waals surface area contributed by atoms with Crippen LogP contribution in [0.3, 0.4) is 0 Å². The zero-order valence-electron chi connectivity index (χ0n) is 13.2. The van der Waals surface area contributed by atoms with Crippen molar-refractivity contribution in [1.82, 2.24) is 4.90 Å². The molecule has 0 saturated carbocycles. The number of carboxylic acid groups (broad SMARTS) is 1. The number of amides is 1. The molecule has 1 aromatic rings. The van der Waals surface area contributed by atoms with Gasteiger partial charge in [0.1, 0.15) is 11.6 Å². The van der Waals surface area contributed by atoms with Gasteiger partial charge in [-0.1, -0.05) is 0 Å². The number of carboxylic acids is 1. The Morgan fingerprint density at radius 3 is 2.27 bits per heavy atom. The fourth-order valence-electron chi connectivity index (χ4n) is 2.82. The Hall–Kier alpha value is -2.52. The van der Waals surface area contributed by atoms with Crippen molar-refractivity contribution in [2.45, 2.75) is 19.0 Å². The van der Waals surface area contributed by atoms with Gasteiger partial charge in [-0.05, 0) is 12.1 Å². The maximum atomic E-state index is 13.5. The quantitative estimate of drug-likeness (QED) is 0.631. The second-order valence-electron chi connectivity index (χ2n) is 5.94.